The van der Waals surface area contributed by atoms with E-state index in [-0.39, 0.29) is 17.8 Å². The highest BCUT2D eigenvalue weighted by Gasteiger charge is 2.37. The average Bonchev–Trinajstić information content (AvgIpc) is 2.94. The van der Waals surface area contributed by atoms with Crippen molar-refractivity contribution in [1.29, 1.82) is 0 Å². The van der Waals surface area contributed by atoms with E-state index >= 15 is 0 Å². The number of nitrogens with one attached hydrogen (secondary N) is 1. The number of nitrogens with zero attached hydrogens (tertiary/aromatic N) is 2. The second kappa shape index (κ2) is 4.62. The maximum atomic E-state index is 12.5. The molecule has 0 aliphatic heterocycles. The Hall–Kier alpha value is -1.53. The van der Waals surface area contributed by atoms with Gasteiger partial charge in [-0.05, 0) is 18.8 Å². The van der Waals surface area contributed by atoms with Gasteiger partial charge in [-0.15, -0.1) is 0 Å². The third-order valence-corrected chi connectivity index (χ3v) is 2.95. The molecule has 100 valence electrons. The van der Waals surface area contributed by atoms with Gasteiger partial charge in [-0.2, -0.15) is 18.2 Å². The van der Waals surface area contributed by atoms with Gasteiger partial charge >= 0.3 is 6.18 Å². The summed E-state index contributed by atoms with van der Waals surface area (Å²) in [4.78, 5) is 6.97. The van der Waals surface area contributed by atoms with E-state index in [9.17, 15) is 13.2 Å². The third kappa shape index (κ3) is 3.02. The van der Waals surface area contributed by atoms with Gasteiger partial charge in [-0.3, -0.25) is 0 Å². The summed E-state index contributed by atoms with van der Waals surface area (Å²) in [6, 6.07) is 1.11. The molecule has 0 radical (unpaired) electrons. The molecule has 0 amide bonds. The van der Waals surface area contributed by atoms with Crippen molar-refractivity contribution in [3.05, 3.63) is 11.8 Å². The Morgan fingerprint density at radius 2 is 2.17 bits per heavy atom. The molecule has 1 aliphatic rings. The Balaban J connectivity index is 2.08. The number of hydrogen-bond acceptors (Lipinski definition) is 4. The van der Waals surface area contributed by atoms with E-state index in [1.807, 2.05) is 0 Å². The largest absolute Gasteiger partial charge is 0.433 e. The Labute approximate surface area is 103 Å². The van der Waals surface area contributed by atoms with Crippen molar-refractivity contribution in [2.45, 2.75) is 38.4 Å². The molecule has 0 aromatic carbocycles. The first kappa shape index (κ1) is 12.9. The Morgan fingerprint density at radius 1 is 1.44 bits per heavy atom. The van der Waals surface area contributed by atoms with Crippen LogP contribution in [0.1, 0.15) is 31.9 Å². The van der Waals surface area contributed by atoms with Crippen molar-refractivity contribution in [3.63, 3.8) is 0 Å². The quantitative estimate of drug-likeness (QED) is 0.873. The van der Waals surface area contributed by atoms with E-state index in [4.69, 9.17) is 5.73 Å². The van der Waals surface area contributed by atoms with Crippen LogP contribution in [0.5, 0.6) is 0 Å². The van der Waals surface area contributed by atoms with Crippen LogP contribution in [0.25, 0.3) is 0 Å². The minimum atomic E-state index is -4.50. The molecule has 2 atom stereocenters. The molecule has 1 heterocycles. The van der Waals surface area contributed by atoms with Crippen molar-refractivity contribution in [3.8, 4) is 0 Å². The maximum absolute atomic E-state index is 12.5. The Morgan fingerprint density at radius 3 is 2.78 bits per heavy atom. The number of rotatable bonds is 4. The van der Waals surface area contributed by atoms with Crippen LogP contribution in [-0.2, 0) is 6.18 Å². The van der Waals surface area contributed by atoms with Crippen molar-refractivity contribution < 1.29 is 13.2 Å². The molecule has 1 fully saturated rings. The van der Waals surface area contributed by atoms with Crippen LogP contribution >= 0.6 is 0 Å². The van der Waals surface area contributed by atoms with Crippen LogP contribution in [0.2, 0.25) is 0 Å². The van der Waals surface area contributed by atoms with Gasteiger partial charge in [-0.25, -0.2) is 4.98 Å². The summed E-state index contributed by atoms with van der Waals surface area (Å²) in [5, 5.41) is 2.97. The summed E-state index contributed by atoms with van der Waals surface area (Å²) >= 11 is 0. The number of anilines is 2. The number of hydrogen-bond donors (Lipinski definition) is 2. The van der Waals surface area contributed by atoms with E-state index in [0.29, 0.717) is 5.92 Å². The number of nitrogen functional groups attached to an aromatic ring is 1. The fraction of sp³-hybridized carbons (Fsp3) is 0.636. The van der Waals surface area contributed by atoms with Crippen LogP contribution in [0, 0.1) is 5.92 Å². The number of alkyl halides is 3. The maximum Gasteiger partial charge on any atom is 0.433 e. The molecule has 7 heteroatoms. The zero-order valence-corrected chi connectivity index (χ0v) is 9.96. The standard InChI is InChI=1S/C11H15F3N4/c1-2-3-6-4-7(6)16-9-5-8(11(12,13)14)17-10(15)18-9/h5-7H,2-4H2,1H3,(H3,15,16,17,18). The van der Waals surface area contributed by atoms with Crippen molar-refractivity contribution in [2.75, 3.05) is 11.1 Å². The smallest absolute Gasteiger partial charge is 0.368 e. The molecular formula is C11H15F3N4. The van der Waals surface area contributed by atoms with E-state index in [1.165, 1.54) is 0 Å². The molecule has 0 saturated heterocycles. The van der Waals surface area contributed by atoms with Gasteiger partial charge in [0.2, 0.25) is 5.95 Å². The van der Waals surface area contributed by atoms with Crippen LogP contribution in [-0.4, -0.2) is 16.0 Å². The monoisotopic (exact) mass is 260 g/mol. The topological polar surface area (TPSA) is 63.8 Å². The van der Waals surface area contributed by atoms with Gasteiger partial charge in [0, 0.05) is 12.1 Å². The highest BCUT2D eigenvalue weighted by molar-refractivity contribution is 5.43. The summed E-state index contributed by atoms with van der Waals surface area (Å²) in [6.45, 7) is 2.08. The lowest BCUT2D eigenvalue weighted by Crippen LogP contribution is -2.14. The molecule has 1 aromatic rings. The zero-order chi connectivity index (χ0) is 13.3. The lowest BCUT2D eigenvalue weighted by molar-refractivity contribution is -0.141. The molecule has 0 spiro atoms. The fourth-order valence-electron chi connectivity index (χ4n) is 1.99. The van der Waals surface area contributed by atoms with Crippen LogP contribution in [0.15, 0.2) is 6.07 Å². The number of aromatic nitrogens is 2. The zero-order valence-electron chi connectivity index (χ0n) is 9.96. The van der Waals surface area contributed by atoms with E-state index < -0.39 is 11.9 Å². The molecule has 1 aliphatic carbocycles. The molecule has 3 N–H and O–H groups in total. The third-order valence-electron chi connectivity index (χ3n) is 2.95. The molecule has 1 saturated carbocycles. The predicted octanol–water partition coefficient (Wildman–Crippen LogP) is 2.68. The summed E-state index contributed by atoms with van der Waals surface area (Å²) in [6.07, 6.45) is -1.38. The van der Waals surface area contributed by atoms with Gasteiger partial charge in [0.25, 0.3) is 0 Å². The molecule has 0 bridgehead atoms. The highest BCUT2D eigenvalue weighted by atomic mass is 19.4. The van der Waals surface area contributed by atoms with Crippen LogP contribution < -0.4 is 11.1 Å². The van der Waals surface area contributed by atoms with Gasteiger partial charge in [0.15, 0.2) is 5.69 Å². The summed E-state index contributed by atoms with van der Waals surface area (Å²) in [5.74, 6) is 0.318. The normalized spacial score (nSPS) is 22.9. The van der Waals surface area contributed by atoms with Gasteiger partial charge in [0.05, 0.1) is 0 Å². The minimum absolute atomic E-state index is 0.151. The Bertz CT molecular complexity index is 433. The second-order valence-electron chi connectivity index (χ2n) is 4.53. The van der Waals surface area contributed by atoms with E-state index in [0.717, 1.165) is 25.3 Å². The van der Waals surface area contributed by atoms with Crippen LogP contribution in [0.3, 0.4) is 0 Å². The summed E-state index contributed by atoms with van der Waals surface area (Å²) in [7, 11) is 0. The minimum Gasteiger partial charge on any atom is -0.368 e. The first-order valence-electron chi connectivity index (χ1n) is 5.88. The molecular weight excluding hydrogens is 245 g/mol. The fourth-order valence-corrected chi connectivity index (χ4v) is 1.99. The van der Waals surface area contributed by atoms with Crippen molar-refractivity contribution in [1.82, 2.24) is 9.97 Å². The highest BCUT2D eigenvalue weighted by Crippen LogP contribution is 2.37. The second-order valence-corrected chi connectivity index (χ2v) is 4.53. The summed E-state index contributed by atoms with van der Waals surface area (Å²) in [5.41, 5.74) is 4.27. The molecule has 2 rings (SSSR count). The first-order valence-corrected chi connectivity index (χ1v) is 5.88. The van der Waals surface area contributed by atoms with Crippen LogP contribution in [0.4, 0.5) is 24.9 Å². The average molecular weight is 260 g/mol. The Kier molecular flexibility index (Phi) is 3.32. The van der Waals surface area contributed by atoms with E-state index in [2.05, 4.69) is 22.2 Å². The predicted molar refractivity (Wildman–Crippen MR) is 61.9 cm³/mol. The molecule has 18 heavy (non-hydrogen) atoms. The number of halogens is 3. The number of nitrogens with two attached hydrogens (primary N) is 1. The molecule has 4 nitrogen and oxygen atoms in total. The van der Waals surface area contributed by atoms with Gasteiger partial charge in [0.1, 0.15) is 5.82 Å². The van der Waals surface area contributed by atoms with E-state index in [1.54, 1.807) is 0 Å². The summed E-state index contributed by atoms with van der Waals surface area (Å²) < 4.78 is 37.6. The SMILES string of the molecule is CCCC1CC1Nc1cc(C(F)(F)F)nc(N)n1. The van der Waals surface area contributed by atoms with Crippen molar-refractivity contribution >= 4 is 11.8 Å². The van der Waals surface area contributed by atoms with Gasteiger partial charge in [-0.1, -0.05) is 13.3 Å². The lowest BCUT2D eigenvalue weighted by Gasteiger charge is -2.10. The molecule has 2 unspecified atom stereocenters. The lowest BCUT2D eigenvalue weighted by atomic mass is 10.2. The van der Waals surface area contributed by atoms with Gasteiger partial charge < -0.3 is 11.1 Å². The molecule has 1 aromatic heterocycles. The van der Waals surface area contributed by atoms with Crippen molar-refractivity contribution in [2.24, 2.45) is 5.92 Å². The first-order chi connectivity index (χ1) is 8.40.